The highest BCUT2D eigenvalue weighted by atomic mass is 15.1. The molecule has 0 fully saturated rings. The Labute approximate surface area is 131 Å². The van der Waals surface area contributed by atoms with E-state index in [1.54, 1.807) is 0 Å². The van der Waals surface area contributed by atoms with Crippen LogP contribution in [0.15, 0.2) is 48.5 Å². The first-order chi connectivity index (χ1) is 10.7. The Kier molecular flexibility index (Phi) is 4.25. The smallest absolute Gasteiger partial charge is 0.127 e. The summed E-state index contributed by atoms with van der Waals surface area (Å²) in [5.41, 5.74) is 11.2. The molecule has 114 valence electrons. The SMILES string of the molecule is CCCn1c(C(N)Cc2ccccc2)nc2cc(C)ccc21. The van der Waals surface area contributed by atoms with Crippen molar-refractivity contribution in [3.8, 4) is 0 Å². The number of rotatable bonds is 5. The molecular formula is C19H23N3. The van der Waals surface area contributed by atoms with Crippen LogP contribution in [0.25, 0.3) is 11.0 Å². The minimum Gasteiger partial charge on any atom is -0.327 e. The Morgan fingerprint density at radius 3 is 2.64 bits per heavy atom. The maximum atomic E-state index is 6.48. The minimum absolute atomic E-state index is 0.0818. The third-order valence-electron chi connectivity index (χ3n) is 4.01. The van der Waals surface area contributed by atoms with Crippen LogP contribution in [0.5, 0.6) is 0 Å². The molecule has 1 aromatic heterocycles. The number of aromatic nitrogens is 2. The van der Waals surface area contributed by atoms with Gasteiger partial charge in [0, 0.05) is 6.54 Å². The molecule has 0 saturated carbocycles. The normalized spacial score (nSPS) is 12.7. The molecule has 22 heavy (non-hydrogen) atoms. The van der Waals surface area contributed by atoms with Crippen LogP contribution in [0.4, 0.5) is 0 Å². The molecule has 1 unspecified atom stereocenters. The molecule has 0 aliphatic rings. The molecule has 2 N–H and O–H groups in total. The van der Waals surface area contributed by atoms with Crippen molar-refractivity contribution < 1.29 is 0 Å². The Balaban J connectivity index is 1.99. The molecule has 0 aliphatic carbocycles. The predicted molar refractivity (Wildman–Crippen MR) is 91.8 cm³/mol. The quantitative estimate of drug-likeness (QED) is 0.772. The number of aryl methyl sites for hydroxylation is 2. The van der Waals surface area contributed by atoms with Gasteiger partial charge in [-0.25, -0.2) is 4.98 Å². The molecule has 2 aromatic carbocycles. The lowest BCUT2D eigenvalue weighted by Gasteiger charge is -2.14. The van der Waals surface area contributed by atoms with Crippen molar-refractivity contribution in [3.63, 3.8) is 0 Å². The zero-order valence-electron chi connectivity index (χ0n) is 13.3. The summed E-state index contributed by atoms with van der Waals surface area (Å²) in [6, 6.07) is 16.7. The molecule has 0 aliphatic heterocycles. The van der Waals surface area contributed by atoms with Gasteiger partial charge in [-0.15, -0.1) is 0 Å². The van der Waals surface area contributed by atoms with Crippen molar-refractivity contribution in [1.29, 1.82) is 0 Å². The fourth-order valence-corrected chi connectivity index (χ4v) is 2.96. The summed E-state index contributed by atoms with van der Waals surface area (Å²) in [4.78, 5) is 4.83. The van der Waals surface area contributed by atoms with Crippen LogP contribution in [0.1, 0.15) is 36.3 Å². The summed E-state index contributed by atoms with van der Waals surface area (Å²) in [5, 5.41) is 0. The Hall–Kier alpha value is -2.13. The monoisotopic (exact) mass is 293 g/mol. The van der Waals surface area contributed by atoms with Crippen LogP contribution in [-0.2, 0) is 13.0 Å². The summed E-state index contributed by atoms with van der Waals surface area (Å²) in [6.07, 6.45) is 1.89. The lowest BCUT2D eigenvalue weighted by atomic mass is 10.1. The summed E-state index contributed by atoms with van der Waals surface area (Å²) in [5.74, 6) is 0.992. The van der Waals surface area contributed by atoms with E-state index in [0.717, 1.165) is 30.7 Å². The third kappa shape index (κ3) is 2.90. The number of benzene rings is 2. The van der Waals surface area contributed by atoms with Gasteiger partial charge in [-0.1, -0.05) is 43.3 Å². The van der Waals surface area contributed by atoms with Crippen LogP contribution in [0, 0.1) is 6.92 Å². The number of imidazole rings is 1. The first kappa shape index (κ1) is 14.8. The van der Waals surface area contributed by atoms with Crippen molar-refractivity contribution in [3.05, 3.63) is 65.5 Å². The van der Waals surface area contributed by atoms with Gasteiger partial charge in [0.1, 0.15) is 5.82 Å². The van der Waals surface area contributed by atoms with Crippen LogP contribution in [-0.4, -0.2) is 9.55 Å². The highest BCUT2D eigenvalue weighted by Gasteiger charge is 2.17. The second kappa shape index (κ2) is 6.32. The van der Waals surface area contributed by atoms with Gasteiger partial charge in [0.15, 0.2) is 0 Å². The molecule has 3 aromatic rings. The highest BCUT2D eigenvalue weighted by Crippen LogP contribution is 2.23. The topological polar surface area (TPSA) is 43.8 Å². The Morgan fingerprint density at radius 2 is 1.91 bits per heavy atom. The molecule has 0 amide bonds. The number of nitrogens with zero attached hydrogens (tertiary/aromatic N) is 2. The molecule has 0 spiro atoms. The molecule has 1 atom stereocenters. The van der Waals surface area contributed by atoms with E-state index in [4.69, 9.17) is 10.7 Å². The van der Waals surface area contributed by atoms with Crippen molar-refractivity contribution >= 4 is 11.0 Å². The highest BCUT2D eigenvalue weighted by molar-refractivity contribution is 5.77. The fourth-order valence-electron chi connectivity index (χ4n) is 2.96. The molecule has 3 rings (SSSR count). The van der Waals surface area contributed by atoms with E-state index in [-0.39, 0.29) is 6.04 Å². The summed E-state index contributed by atoms with van der Waals surface area (Å²) in [7, 11) is 0. The van der Waals surface area contributed by atoms with Gasteiger partial charge in [0.25, 0.3) is 0 Å². The predicted octanol–water partition coefficient (Wildman–Crippen LogP) is 4.00. The second-order valence-corrected chi connectivity index (χ2v) is 5.91. The molecule has 1 heterocycles. The van der Waals surface area contributed by atoms with E-state index in [0.29, 0.717) is 0 Å². The van der Waals surface area contributed by atoms with Crippen molar-refractivity contribution in [1.82, 2.24) is 9.55 Å². The van der Waals surface area contributed by atoms with Gasteiger partial charge in [-0.2, -0.15) is 0 Å². The van der Waals surface area contributed by atoms with E-state index < -0.39 is 0 Å². The molecule has 0 saturated heterocycles. The first-order valence-corrected chi connectivity index (χ1v) is 7.95. The van der Waals surface area contributed by atoms with E-state index >= 15 is 0 Å². The molecule has 0 bridgehead atoms. The van der Waals surface area contributed by atoms with Gasteiger partial charge in [0.05, 0.1) is 17.1 Å². The number of fused-ring (bicyclic) bond motifs is 1. The zero-order valence-corrected chi connectivity index (χ0v) is 13.3. The first-order valence-electron chi connectivity index (χ1n) is 7.95. The average molecular weight is 293 g/mol. The van der Waals surface area contributed by atoms with Crippen molar-refractivity contribution in [2.75, 3.05) is 0 Å². The summed E-state index contributed by atoms with van der Waals surface area (Å²) < 4.78 is 2.28. The maximum absolute atomic E-state index is 6.48. The van der Waals surface area contributed by atoms with Crippen LogP contribution >= 0.6 is 0 Å². The Morgan fingerprint density at radius 1 is 1.14 bits per heavy atom. The minimum atomic E-state index is -0.0818. The standard InChI is InChI=1S/C19H23N3/c1-3-11-22-18-10-9-14(2)12-17(18)21-19(22)16(20)13-15-7-5-4-6-8-15/h4-10,12,16H,3,11,13,20H2,1-2H3. The lowest BCUT2D eigenvalue weighted by Crippen LogP contribution is -2.19. The Bertz CT molecular complexity index is 759. The molecule has 0 radical (unpaired) electrons. The van der Waals surface area contributed by atoms with Crippen LogP contribution in [0.3, 0.4) is 0 Å². The largest absolute Gasteiger partial charge is 0.327 e. The molecule has 3 nitrogen and oxygen atoms in total. The van der Waals surface area contributed by atoms with Crippen LogP contribution in [0.2, 0.25) is 0 Å². The van der Waals surface area contributed by atoms with E-state index in [9.17, 15) is 0 Å². The number of hydrogen-bond acceptors (Lipinski definition) is 2. The second-order valence-electron chi connectivity index (χ2n) is 5.91. The van der Waals surface area contributed by atoms with Gasteiger partial charge in [-0.05, 0) is 43.0 Å². The van der Waals surface area contributed by atoms with E-state index in [2.05, 4.69) is 60.9 Å². The van der Waals surface area contributed by atoms with Crippen molar-refractivity contribution in [2.45, 2.75) is 39.3 Å². The van der Waals surface area contributed by atoms with Gasteiger partial charge >= 0.3 is 0 Å². The summed E-state index contributed by atoms with van der Waals surface area (Å²) >= 11 is 0. The average Bonchev–Trinajstić information content (AvgIpc) is 2.87. The van der Waals surface area contributed by atoms with E-state index in [1.807, 2.05) is 6.07 Å². The fraction of sp³-hybridized carbons (Fsp3) is 0.316. The maximum Gasteiger partial charge on any atom is 0.127 e. The third-order valence-corrected chi connectivity index (χ3v) is 4.01. The zero-order chi connectivity index (χ0) is 15.5. The van der Waals surface area contributed by atoms with Crippen LogP contribution < -0.4 is 5.73 Å². The molecule has 3 heteroatoms. The summed E-state index contributed by atoms with van der Waals surface area (Å²) in [6.45, 7) is 5.24. The number of nitrogens with two attached hydrogens (primary N) is 1. The van der Waals surface area contributed by atoms with E-state index in [1.165, 1.54) is 16.6 Å². The lowest BCUT2D eigenvalue weighted by molar-refractivity contribution is 0.585. The van der Waals surface area contributed by atoms with Crippen molar-refractivity contribution in [2.24, 2.45) is 5.73 Å². The van der Waals surface area contributed by atoms with Gasteiger partial charge in [0.2, 0.25) is 0 Å². The molecular weight excluding hydrogens is 270 g/mol. The van der Waals surface area contributed by atoms with Gasteiger partial charge < -0.3 is 10.3 Å². The van der Waals surface area contributed by atoms with Gasteiger partial charge in [-0.3, -0.25) is 0 Å². The number of hydrogen-bond donors (Lipinski definition) is 1.